The zero-order valence-electron chi connectivity index (χ0n) is 9.61. The molecule has 0 amide bonds. The highest BCUT2D eigenvalue weighted by atomic mass is 16.7. The summed E-state index contributed by atoms with van der Waals surface area (Å²) in [6, 6.07) is 8.10. The van der Waals surface area contributed by atoms with Crippen LogP contribution in [0.5, 0.6) is 5.75 Å². The van der Waals surface area contributed by atoms with Crippen molar-refractivity contribution < 1.29 is 9.47 Å². The maximum absolute atomic E-state index is 5.56. The molecule has 1 fully saturated rings. The van der Waals surface area contributed by atoms with E-state index < -0.39 is 0 Å². The first-order valence-corrected chi connectivity index (χ1v) is 5.58. The fraction of sp³-hybridized carbons (Fsp3) is 0.500. The Labute approximate surface area is 96.2 Å². The number of rotatable bonds is 4. The molecule has 0 radical (unpaired) electrons. The topological polar surface area (TPSA) is 33.7 Å². The van der Waals surface area contributed by atoms with Gasteiger partial charge >= 0.3 is 0 Å². The van der Waals surface area contributed by atoms with E-state index >= 15 is 0 Å². The maximum Gasteiger partial charge on any atom is 0.188 e. The molecule has 4 heteroatoms. The summed E-state index contributed by atoms with van der Waals surface area (Å²) in [6.07, 6.45) is 0. The fourth-order valence-corrected chi connectivity index (χ4v) is 1.87. The summed E-state index contributed by atoms with van der Waals surface area (Å²) in [4.78, 5) is 2.33. The van der Waals surface area contributed by atoms with Crippen LogP contribution in [0.25, 0.3) is 0 Å². The Hall–Kier alpha value is -1.26. The lowest BCUT2D eigenvalue weighted by atomic mass is 10.2. The largest absolute Gasteiger partial charge is 0.465 e. The zero-order chi connectivity index (χ0) is 11.2. The molecule has 2 rings (SSSR count). The van der Waals surface area contributed by atoms with E-state index in [0.29, 0.717) is 6.79 Å². The minimum absolute atomic E-state index is 0.295. The first-order chi connectivity index (χ1) is 7.92. The van der Waals surface area contributed by atoms with Gasteiger partial charge < -0.3 is 19.7 Å². The fourth-order valence-electron chi connectivity index (χ4n) is 1.87. The van der Waals surface area contributed by atoms with Crippen molar-refractivity contribution in [3.8, 4) is 5.75 Å². The lowest BCUT2D eigenvalue weighted by molar-refractivity contribution is 0.0514. The molecular formula is C12H18N2O2. The summed E-state index contributed by atoms with van der Waals surface area (Å²) in [5.41, 5.74) is 1.15. The van der Waals surface area contributed by atoms with Gasteiger partial charge in [-0.3, -0.25) is 0 Å². The normalized spacial score (nSPS) is 16.2. The van der Waals surface area contributed by atoms with Gasteiger partial charge in [0.2, 0.25) is 0 Å². The number of nitrogens with zero attached hydrogens (tertiary/aromatic N) is 1. The molecule has 1 aromatic carbocycles. The molecule has 0 spiro atoms. The van der Waals surface area contributed by atoms with Crippen LogP contribution in [0.1, 0.15) is 0 Å². The number of methoxy groups -OCH3 is 1. The number of benzene rings is 1. The first kappa shape index (κ1) is 11.2. The van der Waals surface area contributed by atoms with Crippen molar-refractivity contribution in [3.05, 3.63) is 24.3 Å². The number of anilines is 1. The Morgan fingerprint density at radius 1 is 1.25 bits per heavy atom. The minimum Gasteiger partial charge on any atom is -0.465 e. The molecule has 1 heterocycles. The van der Waals surface area contributed by atoms with Gasteiger partial charge in [-0.1, -0.05) is 12.1 Å². The number of para-hydroxylation sites is 2. The van der Waals surface area contributed by atoms with Crippen LogP contribution >= 0.6 is 0 Å². The number of nitrogens with one attached hydrogen (secondary N) is 1. The second kappa shape index (κ2) is 5.72. The highest BCUT2D eigenvalue weighted by Crippen LogP contribution is 2.27. The molecule has 0 atom stereocenters. The monoisotopic (exact) mass is 222 g/mol. The van der Waals surface area contributed by atoms with Crippen molar-refractivity contribution in [1.29, 1.82) is 0 Å². The van der Waals surface area contributed by atoms with Gasteiger partial charge in [0.25, 0.3) is 0 Å². The van der Waals surface area contributed by atoms with Crippen LogP contribution in [0.2, 0.25) is 0 Å². The molecule has 1 N–H and O–H groups in total. The molecular weight excluding hydrogens is 204 g/mol. The smallest absolute Gasteiger partial charge is 0.188 e. The van der Waals surface area contributed by atoms with E-state index in [4.69, 9.17) is 9.47 Å². The third-order valence-electron chi connectivity index (χ3n) is 2.66. The van der Waals surface area contributed by atoms with Crippen molar-refractivity contribution in [1.82, 2.24) is 5.32 Å². The van der Waals surface area contributed by atoms with Gasteiger partial charge in [-0.15, -0.1) is 0 Å². The predicted molar refractivity (Wildman–Crippen MR) is 64.0 cm³/mol. The molecule has 0 aliphatic carbocycles. The molecule has 1 aromatic rings. The van der Waals surface area contributed by atoms with E-state index in [1.165, 1.54) is 0 Å². The molecule has 0 saturated carbocycles. The van der Waals surface area contributed by atoms with E-state index in [0.717, 1.165) is 37.6 Å². The van der Waals surface area contributed by atoms with Crippen molar-refractivity contribution in [2.45, 2.75) is 0 Å². The Kier molecular flexibility index (Phi) is 4.02. The molecule has 0 unspecified atom stereocenters. The summed E-state index contributed by atoms with van der Waals surface area (Å²) < 4.78 is 10.5. The van der Waals surface area contributed by atoms with Gasteiger partial charge in [0.1, 0.15) is 5.75 Å². The highest BCUT2D eigenvalue weighted by molar-refractivity contribution is 5.58. The van der Waals surface area contributed by atoms with E-state index in [2.05, 4.69) is 16.3 Å². The van der Waals surface area contributed by atoms with Crippen LogP contribution < -0.4 is 15.0 Å². The summed E-state index contributed by atoms with van der Waals surface area (Å²) in [7, 11) is 1.63. The molecule has 1 aliphatic heterocycles. The molecule has 1 saturated heterocycles. The van der Waals surface area contributed by atoms with Crippen molar-refractivity contribution in [2.24, 2.45) is 0 Å². The summed E-state index contributed by atoms with van der Waals surface area (Å²) in [6.45, 7) is 4.39. The van der Waals surface area contributed by atoms with Gasteiger partial charge in [-0.2, -0.15) is 0 Å². The van der Waals surface area contributed by atoms with Crippen molar-refractivity contribution in [3.63, 3.8) is 0 Å². The Balaban J connectivity index is 2.11. The van der Waals surface area contributed by atoms with Crippen LogP contribution in [0.3, 0.4) is 0 Å². The van der Waals surface area contributed by atoms with E-state index in [-0.39, 0.29) is 0 Å². The summed E-state index contributed by atoms with van der Waals surface area (Å²) in [5, 5.41) is 3.34. The van der Waals surface area contributed by atoms with Crippen LogP contribution in [0.15, 0.2) is 24.3 Å². The molecule has 88 valence electrons. The predicted octanol–water partition coefficient (Wildman–Crippen LogP) is 1.08. The number of hydrogen-bond donors (Lipinski definition) is 1. The SMILES string of the molecule is COCOc1ccccc1N1CCNCC1. The van der Waals surface area contributed by atoms with E-state index in [9.17, 15) is 0 Å². The molecule has 16 heavy (non-hydrogen) atoms. The van der Waals surface area contributed by atoms with Gasteiger partial charge in [0.05, 0.1) is 5.69 Å². The third kappa shape index (κ3) is 2.65. The molecule has 0 aromatic heterocycles. The quantitative estimate of drug-likeness (QED) is 0.773. The summed E-state index contributed by atoms with van der Waals surface area (Å²) in [5.74, 6) is 0.895. The van der Waals surface area contributed by atoms with Gasteiger partial charge in [0.15, 0.2) is 6.79 Å². The number of piperazine rings is 1. The molecule has 4 nitrogen and oxygen atoms in total. The Bertz CT molecular complexity index is 325. The van der Waals surface area contributed by atoms with Crippen LogP contribution in [-0.4, -0.2) is 40.1 Å². The second-order valence-corrected chi connectivity index (χ2v) is 3.76. The number of ether oxygens (including phenoxy) is 2. The molecule has 0 bridgehead atoms. The van der Waals surface area contributed by atoms with Crippen LogP contribution in [0.4, 0.5) is 5.69 Å². The van der Waals surface area contributed by atoms with Gasteiger partial charge in [-0.05, 0) is 12.1 Å². The van der Waals surface area contributed by atoms with Crippen molar-refractivity contribution >= 4 is 5.69 Å². The first-order valence-electron chi connectivity index (χ1n) is 5.58. The van der Waals surface area contributed by atoms with Crippen molar-refractivity contribution in [2.75, 3.05) is 45.0 Å². The van der Waals surface area contributed by atoms with E-state index in [1.54, 1.807) is 7.11 Å². The maximum atomic E-state index is 5.56. The summed E-state index contributed by atoms with van der Waals surface area (Å²) >= 11 is 0. The second-order valence-electron chi connectivity index (χ2n) is 3.76. The van der Waals surface area contributed by atoms with Gasteiger partial charge in [-0.25, -0.2) is 0 Å². The minimum atomic E-state index is 0.295. The Morgan fingerprint density at radius 2 is 2.00 bits per heavy atom. The van der Waals surface area contributed by atoms with Gasteiger partial charge in [0, 0.05) is 33.3 Å². The average molecular weight is 222 g/mol. The third-order valence-corrected chi connectivity index (χ3v) is 2.66. The standard InChI is InChI=1S/C12H18N2O2/c1-15-10-16-12-5-3-2-4-11(12)14-8-6-13-7-9-14/h2-5,13H,6-10H2,1H3. The lowest BCUT2D eigenvalue weighted by Gasteiger charge is -2.30. The van der Waals surface area contributed by atoms with E-state index in [1.807, 2.05) is 18.2 Å². The average Bonchev–Trinajstić information content (AvgIpc) is 2.38. The van der Waals surface area contributed by atoms with Crippen LogP contribution in [0, 0.1) is 0 Å². The lowest BCUT2D eigenvalue weighted by Crippen LogP contribution is -2.43. The highest BCUT2D eigenvalue weighted by Gasteiger charge is 2.14. The Morgan fingerprint density at radius 3 is 2.75 bits per heavy atom. The van der Waals surface area contributed by atoms with Crippen LogP contribution in [-0.2, 0) is 4.74 Å². The molecule has 1 aliphatic rings. The zero-order valence-corrected chi connectivity index (χ0v) is 9.61. The number of hydrogen-bond acceptors (Lipinski definition) is 4.